The van der Waals surface area contributed by atoms with E-state index in [0.717, 1.165) is 6.26 Å². The Morgan fingerprint density at radius 2 is 2.06 bits per heavy atom. The van der Waals surface area contributed by atoms with Crippen LogP contribution >= 0.6 is 0 Å². The molecule has 0 aliphatic rings. The summed E-state index contributed by atoms with van der Waals surface area (Å²) in [5, 5.41) is 11.5. The van der Waals surface area contributed by atoms with Gasteiger partial charge in [-0.3, -0.25) is 0 Å². The lowest BCUT2D eigenvalue weighted by atomic mass is 10.5. The van der Waals surface area contributed by atoms with Crippen molar-refractivity contribution in [3.05, 3.63) is 17.8 Å². The third-order valence-electron chi connectivity index (χ3n) is 1.58. The van der Waals surface area contributed by atoms with E-state index < -0.39 is 35.4 Å². The van der Waals surface area contributed by atoms with E-state index in [1.807, 2.05) is 0 Å². The lowest BCUT2D eigenvalue weighted by molar-refractivity contribution is -0.159. The minimum absolute atomic E-state index is 0.471. The van der Waals surface area contributed by atoms with Gasteiger partial charge in [-0.15, -0.1) is 0 Å². The van der Waals surface area contributed by atoms with Crippen LogP contribution in [0.25, 0.3) is 11.7 Å². The molecule has 7 nitrogen and oxygen atoms in total. The molecule has 0 aliphatic carbocycles. The molecular formula is C7H2F3N3O4. The maximum atomic E-state index is 12.1. The zero-order valence-electron chi connectivity index (χ0n) is 7.72. The number of carboxylic acid groups (broad SMARTS) is 1. The molecule has 0 aromatic carbocycles. The predicted octanol–water partition coefficient (Wildman–Crippen LogP) is 1.44. The maximum absolute atomic E-state index is 12.1. The van der Waals surface area contributed by atoms with E-state index >= 15 is 0 Å². The fourth-order valence-corrected chi connectivity index (χ4v) is 0.900. The molecule has 2 heterocycles. The van der Waals surface area contributed by atoms with Crippen molar-refractivity contribution in [1.82, 2.24) is 15.1 Å². The molecule has 0 atom stereocenters. The highest BCUT2D eigenvalue weighted by atomic mass is 19.4. The van der Waals surface area contributed by atoms with Crippen molar-refractivity contribution in [2.75, 3.05) is 0 Å². The summed E-state index contributed by atoms with van der Waals surface area (Å²) in [6, 6.07) is 0. The number of hydrogen-bond donors (Lipinski definition) is 1. The van der Waals surface area contributed by atoms with Gasteiger partial charge in [-0.1, -0.05) is 5.16 Å². The van der Waals surface area contributed by atoms with Crippen molar-refractivity contribution in [2.24, 2.45) is 0 Å². The molecule has 0 aliphatic heterocycles. The SMILES string of the molecule is O=C(O)c1coc(-c2noc(C(F)(F)F)n2)n1. The van der Waals surface area contributed by atoms with Crippen LogP contribution in [0.15, 0.2) is 15.2 Å². The van der Waals surface area contributed by atoms with E-state index in [9.17, 15) is 18.0 Å². The summed E-state index contributed by atoms with van der Waals surface area (Å²) in [6.07, 6.45) is -4.03. The van der Waals surface area contributed by atoms with Gasteiger partial charge in [0.15, 0.2) is 5.69 Å². The second-order valence-corrected chi connectivity index (χ2v) is 2.76. The highest BCUT2D eigenvalue weighted by Crippen LogP contribution is 2.29. The molecule has 0 amide bonds. The summed E-state index contributed by atoms with van der Waals surface area (Å²) in [5.41, 5.74) is -0.474. The van der Waals surface area contributed by atoms with Crippen molar-refractivity contribution < 1.29 is 32.0 Å². The molecule has 10 heteroatoms. The van der Waals surface area contributed by atoms with Crippen molar-refractivity contribution >= 4 is 5.97 Å². The zero-order valence-corrected chi connectivity index (χ0v) is 7.72. The number of aromatic carboxylic acids is 1. The van der Waals surface area contributed by atoms with Crippen LogP contribution in [0.5, 0.6) is 0 Å². The predicted molar refractivity (Wildman–Crippen MR) is 41.8 cm³/mol. The lowest BCUT2D eigenvalue weighted by Gasteiger charge is -1.95. The first-order valence-electron chi connectivity index (χ1n) is 3.98. The van der Waals surface area contributed by atoms with E-state index in [4.69, 9.17) is 5.11 Å². The van der Waals surface area contributed by atoms with Gasteiger partial charge in [0.2, 0.25) is 0 Å². The number of hydrogen-bond acceptors (Lipinski definition) is 6. The molecule has 0 unspecified atom stereocenters. The van der Waals surface area contributed by atoms with Gasteiger partial charge in [-0.2, -0.15) is 23.1 Å². The molecule has 2 aromatic heterocycles. The number of oxazole rings is 1. The first-order chi connectivity index (χ1) is 7.88. The third-order valence-corrected chi connectivity index (χ3v) is 1.58. The molecule has 0 saturated heterocycles. The van der Waals surface area contributed by atoms with Gasteiger partial charge in [0.05, 0.1) is 0 Å². The number of carbonyl (C=O) groups is 1. The Bertz CT molecular complexity index is 559. The number of nitrogens with zero attached hydrogens (tertiary/aromatic N) is 3. The van der Waals surface area contributed by atoms with Gasteiger partial charge in [0.1, 0.15) is 6.26 Å². The smallest absolute Gasteiger partial charge is 0.471 e. The highest BCUT2D eigenvalue weighted by Gasteiger charge is 2.39. The van der Waals surface area contributed by atoms with Crippen LogP contribution in [0.1, 0.15) is 16.4 Å². The molecule has 0 fully saturated rings. The van der Waals surface area contributed by atoms with E-state index in [1.54, 1.807) is 0 Å². The maximum Gasteiger partial charge on any atom is 0.471 e. The minimum atomic E-state index is -4.78. The van der Waals surface area contributed by atoms with E-state index in [-0.39, 0.29) is 0 Å². The largest absolute Gasteiger partial charge is 0.476 e. The van der Waals surface area contributed by atoms with E-state index in [2.05, 4.69) is 24.1 Å². The molecule has 0 radical (unpaired) electrons. The summed E-state index contributed by atoms with van der Waals surface area (Å²) in [6.45, 7) is 0. The van der Waals surface area contributed by atoms with E-state index in [1.165, 1.54) is 0 Å². The number of alkyl halides is 3. The molecule has 0 spiro atoms. The van der Waals surface area contributed by atoms with Crippen LogP contribution in [-0.4, -0.2) is 26.2 Å². The molecule has 1 N–H and O–H groups in total. The number of rotatable bonds is 2. The molecular weight excluding hydrogens is 247 g/mol. The second kappa shape index (κ2) is 3.57. The fourth-order valence-electron chi connectivity index (χ4n) is 0.900. The summed E-state index contributed by atoms with van der Waals surface area (Å²) < 4.78 is 44.8. The van der Waals surface area contributed by atoms with Crippen LogP contribution < -0.4 is 0 Å². The summed E-state index contributed by atoms with van der Waals surface area (Å²) in [4.78, 5) is 16.8. The minimum Gasteiger partial charge on any atom is -0.476 e. The Kier molecular flexibility index (Phi) is 2.33. The first-order valence-corrected chi connectivity index (χ1v) is 3.98. The average Bonchev–Trinajstić information content (AvgIpc) is 2.85. The first kappa shape index (κ1) is 11.1. The monoisotopic (exact) mass is 249 g/mol. The van der Waals surface area contributed by atoms with Gasteiger partial charge in [0.25, 0.3) is 11.7 Å². The second-order valence-electron chi connectivity index (χ2n) is 2.76. The molecule has 17 heavy (non-hydrogen) atoms. The quantitative estimate of drug-likeness (QED) is 0.858. The molecule has 2 aromatic rings. The van der Waals surface area contributed by atoms with Gasteiger partial charge in [-0.05, 0) is 0 Å². The van der Waals surface area contributed by atoms with Gasteiger partial charge < -0.3 is 14.0 Å². The Labute approximate surface area is 89.9 Å². The molecule has 0 saturated carbocycles. The highest BCUT2D eigenvalue weighted by molar-refractivity contribution is 5.85. The molecule has 90 valence electrons. The van der Waals surface area contributed by atoms with Gasteiger partial charge in [-0.25, -0.2) is 4.79 Å². The van der Waals surface area contributed by atoms with Crippen LogP contribution in [0.3, 0.4) is 0 Å². The van der Waals surface area contributed by atoms with Crippen molar-refractivity contribution in [3.8, 4) is 11.7 Å². The Morgan fingerprint density at radius 1 is 1.35 bits per heavy atom. The van der Waals surface area contributed by atoms with Crippen LogP contribution in [0, 0.1) is 0 Å². The Balaban J connectivity index is 2.34. The Morgan fingerprint density at radius 3 is 2.53 bits per heavy atom. The van der Waals surface area contributed by atoms with Crippen LogP contribution in [-0.2, 0) is 6.18 Å². The summed E-state index contributed by atoms with van der Waals surface area (Å²) in [5.74, 6) is -4.01. The topological polar surface area (TPSA) is 102 Å². The standard InChI is InChI=1S/C7H2F3N3O4/c8-7(9,10)6-12-3(13-17-6)4-11-2(1-16-4)5(14)15/h1H,(H,14,15). The van der Waals surface area contributed by atoms with Gasteiger partial charge >= 0.3 is 18.0 Å². The zero-order chi connectivity index (χ0) is 12.6. The average molecular weight is 249 g/mol. The Hall–Kier alpha value is -2.39. The van der Waals surface area contributed by atoms with Crippen molar-refractivity contribution in [3.63, 3.8) is 0 Å². The third kappa shape index (κ3) is 2.09. The van der Waals surface area contributed by atoms with Gasteiger partial charge in [0, 0.05) is 0 Å². The lowest BCUT2D eigenvalue weighted by Crippen LogP contribution is -2.04. The number of halogens is 3. The summed E-state index contributed by atoms with van der Waals surface area (Å²) >= 11 is 0. The number of carboxylic acids is 1. The molecule has 0 bridgehead atoms. The van der Waals surface area contributed by atoms with E-state index in [0.29, 0.717) is 0 Å². The van der Waals surface area contributed by atoms with Crippen LogP contribution in [0.4, 0.5) is 13.2 Å². The molecule has 2 rings (SSSR count). The number of aromatic nitrogens is 3. The van der Waals surface area contributed by atoms with Crippen molar-refractivity contribution in [1.29, 1.82) is 0 Å². The van der Waals surface area contributed by atoms with Crippen LogP contribution in [0.2, 0.25) is 0 Å². The fraction of sp³-hybridized carbons (Fsp3) is 0.143. The summed E-state index contributed by atoms with van der Waals surface area (Å²) in [7, 11) is 0. The van der Waals surface area contributed by atoms with Crippen molar-refractivity contribution in [2.45, 2.75) is 6.18 Å². The normalized spacial score (nSPS) is 11.7.